The molecule has 0 spiro atoms. The van der Waals surface area contributed by atoms with Crippen molar-refractivity contribution in [2.45, 2.75) is 123 Å². The average molecular weight is 387 g/mol. The predicted octanol–water partition coefficient (Wildman–Crippen LogP) is 6.23. The van der Waals surface area contributed by atoms with Crippen molar-refractivity contribution < 1.29 is 9.90 Å². The molecular formula is C23H50N2O2. The van der Waals surface area contributed by atoms with E-state index < -0.39 is 5.97 Å². The fourth-order valence-corrected chi connectivity index (χ4v) is 2.91. The topological polar surface area (TPSA) is 66.6 Å². The SMILES string of the molecule is CC(C(=O)O)N(C)C.CCCCCCCCCCCCCCCCCCN. The fraction of sp³-hybridized carbons (Fsp3) is 0.957. The van der Waals surface area contributed by atoms with Crippen molar-refractivity contribution in [1.29, 1.82) is 0 Å². The second kappa shape index (κ2) is 23.4. The molecule has 0 amide bonds. The largest absolute Gasteiger partial charge is 0.480 e. The Labute approximate surface area is 170 Å². The Hall–Kier alpha value is -0.610. The third-order valence-corrected chi connectivity index (χ3v) is 5.19. The van der Waals surface area contributed by atoms with E-state index in [1.54, 1.807) is 25.9 Å². The molecule has 0 rings (SSSR count). The van der Waals surface area contributed by atoms with Crippen LogP contribution in [0.3, 0.4) is 0 Å². The molecule has 0 aliphatic heterocycles. The Morgan fingerprint density at radius 3 is 1.22 bits per heavy atom. The van der Waals surface area contributed by atoms with Gasteiger partial charge in [-0.2, -0.15) is 0 Å². The predicted molar refractivity (Wildman–Crippen MR) is 119 cm³/mol. The van der Waals surface area contributed by atoms with E-state index >= 15 is 0 Å². The highest BCUT2D eigenvalue weighted by molar-refractivity contribution is 5.72. The van der Waals surface area contributed by atoms with Crippen LogP contribution < -0.4 is 5.73 Å². The second-order valence-electron chi connectivity index (χ2n) is 8.07. The van der Waals surface area contributed by atoms with Gasteiger partial charge in [0, 0.05) is 0 Å². The standard InChI is InChI=1S/C18H39N.C5H11NO2/c1-2-3-4-5-6-7-8-9-10-11-12-13-14-15-16-17-18-19;1-4(5(7)8)6(2)3/h2-19H2,1H3;4H,1-3H3,(H,7,8). The molecule has 0 radical (unpaired) electrons. The molecule has 0 fully saturated rings. The summed E-state index contributed by atoms with van der Waals surface area (Å²) in [6.45, 7) is 4.80. The number of unbranched alkanes of at least 4 members (excludes halogenated alkanes) is 15. The first kappa shape index (κ1) is 28.6. The lowest BCUT2D eigenvalue weighted by Gasteiger charge is -2.13. The molecule has 0 saturated heterocycles. The normalized spacial score (nSPS) is 11.9. The van der Waals surface area contributed by atoms with Gasteiger partial charge >= 0.3 is 5.97 Å². The summed E-state index contributed by atoms with van der Waals surface area (Å²) in [6, 6.07) is -0.380. The molecule has 0 aliphatic rings. The van der Waals surface area contributed by atoms with Crippen molar-refractivity contribution in [3.05, 3.63) is 0 Å². The number of carboxylic acid groups (broad SMARTS) is 1. The molecule has 0 saturated carbocycles. The smallest absolute Gasteiger partial charge is 0.320 e. The number of hydrogen-bond acceptors (Lipinski definition) is 3. The number of nitrogens with zero attached hydrogens (tertiary/aromatic N) is 1. The Morgan fingerprint density at radius 1 is 0.741 bits per heavy atom. The van der Waals surface area contributed by atoms with E-state index in [1.807, 2.05) is 0 Å². The summed E-state index contributed by atoms with van der Waals surface area (Å²) < 4.78 is 0. The summed E-state index contributed by atoms with van der Waals surface area (Å²) in [5.74, 6) is -0.782. The first-order chi connectivity index (χ1) is 13.0. The van der Waals surface area contributed by atoms with Crippen LogP contribution >= 0.6 is 0 Å². The zero-order valence-corrected chi connectivity index (χ0v) is 19.0. The zero-order valence-electron chi connectivity index (χ0n) is 19.0. The molecule has 4 nitrogen and oxygen atoms in total. The van der Waals surface area contributed by atoms with Gasteiger partial charge in [-0.3, -0.25) is 9.69 Å². The van der Waals surface area contributed by atoms with Gasteiger partial charge in [-0.25, -0.2) is 0 Å². The van der Waals surface area contributed by atoms with Gasteiger partial charge in [0.05, 0.1) is 0 Å². The van der Waals surface area contributed by atoms with E-state index in [9.17, 15) is 4.79 Å². The van der Waals surface area contributed by atoms with Crippen molar-refractivity contribution in [2.24, 2.45) is 5.73 Å². The summed E-state index contributed by atoms with van der Waals surface area (Å²) in [5, 5.41) is 8.31. The number of aliphatic carboxylic acids is 1. The van der Waals surface area contributed by atoms with Crippen molar-refractivity contribution >= 4 is 5.97 Å². The Bertz CT molecular complexity index is 280. The van der Waals surface area contributed by atoms with Gasteiger partial charge in [-0.1, -0.05) is 103 Å². The third-order valence-electron chi connectivity index (χ3n) is 5.19. The van der Waals surface area contributed by atoms with E-state index in [4.69, 9.17) is 10.8 Å². The maximum atomic E-state index is 10.1. The summed E-state index contributed by atoms with van der Waals surface area (Å²) in [5.41, 5.74) is 5.48. The number of likely N-dealkylation sites (N-methyl/N-ethyl adjacent to an activating group) is 1. The minimum absolute atomic E-state index is 0.380. The number of carboxylic acids is 1. The molecule has 0 aromatic carbocycles. The number of rotatable bonds is 18. The van der Waals surface area contributed by atoms with Crippen LogP contribution in [-0.4, -0.2) is 42.7 Å². The highest BCUT2D eigenvalue weighted by Gasteiger charge is 2.11. The Balaban J connectivity index is 0. The maximum Gasteiger partial charge on any atom is 0.320 e. The molecule has 3 N–H and O–H groups in total. The van der Waals surface area contributed by atoms with E-state index in [-0.39, 0.29) is 6.04 Å². The Morgan fingerprint density at radius 2 is 1.04 bits per heavy atom. The molecule has 164 valence electrons. The van der Waals surface area contributed by atoms with Gasteiger partial charge < -0.3 is 10.8 Å². The van der Waals surface area contributed by atoms with Crippen LogP contribution in [0, 0.1) is 0 Å². The lowest BCUT2D eigenvalue weighted by atomic mass is 10.0. The van der Waals surface area contributed by atoms with Gasteiger partial charge in [-0.05, 0) is 34.0 Å². The van der Waals surface area contributed by atoms with Gasteiger partial charge in [0.25, 0.3) is 0 Å². The van der Waals surface area contributed by atoms with Crippen molar-refractivity contribution in [2.75, 3.05) is 20.6 Å². The molecular weight excluding hydrogens is 336 g/mol. The van der Waals surface area contributed by atoms with Gasteiger partial charge in [0.1, 0.15) is 6.04 Å². The maximum absolute atomic E-state index is 10.1. The molecule has 1 unspecified atom stereocenters. The lowest BCUT2D eigenvalue weighted by molar-refractivity contribution is -0.141. The Kier molecular flexibility index (Phi) is 24.8. The monoisotopic (exact) mass is 386 g/mol. The highest BCUT2D eigenvalue weighted by atomic mass is 16.4. The molecule has 0 bridgehead atoms. The molecule has 27 heavy (non-hydrogen) atoms. The minimum Gasteiger partial charge on any atom is -0.480 e. The second-order valence-corrected chi connectivity index (χ2v) is 8.07. The highest BCUT2D eigenvalue weighted by Crippen LogP contribution is 2.13. The van der Waals surface area contributed by atoms with Crippen molar-refractivity contribution in [1.82, 2.24) is 4.90 Å². The minimum atomic E-state index is -0.782. The van der Waals surface area contributed by atoms with E-state index in [2.05, 4.69) is 6.92 Å². The van der Waals surface area contributed by atoms with E-state index in [0.29, 0.717) is 0 Å². The quantitative estimate of drug-likeness (QED) is 0.274. The van der Waals surface area contributed by atoms with Crippen LogP contribution in [0.25, 0.3) is 0 Å². The van der Waals surface area contributed by atoms with Gasteiger partial charge in [-0.15, -0.1) is 0 Å². The number of hydrogen-bond donors (Lipinski definition) is 2. The number of nitrogens with two attached hydrogens (primary N) is 1. The van der Waals surface area contributed by atoms with E-state index in [1.165, 1.54) is 103 Å². The van der Waals surface area contributed by atoms with Crippen LogP contribution in [0.1, 0.15) is 117 Å². The zero-order chi connectivity index (χ0) is 20.8. The average Bonchev–Trinajstić information content (AvgIpc) is 2.64. The molecule has 4 heteroatoms. The molecule has 0 heterocycles. The van der Waals surface area contributed by atoms with E-state index in [0.717, 1.165) is 6.54 Å². The summed E-state index contributed by atoms with van der Waals surface area (Å²) in [4.78, 5) is 11.7. The summed E-state index contributed by atoms with van der Waals surface area (Å²) in [6.07, 6.45) is 22.9. The summed E-state index contributed by atoms with van der Waals surface area (Å²) >= 11 is 0. The molecule has 0 aliphatic carbocycles. The number of carbonyl (C=O) groups is 1. The lowest BCUT2D eigenvalue weighted by Crippen LogP contribution is -2.32. The van der Waals surface area contributed by atoms with Crippen LogP contribution in [-0.2, 0) is 4.79 Å². The molecule has 0 aromatic rings. The molecule has 0 aromatic heterocycles. The fourth-order valence-electron chi connectivity index (χ4n) is 2.91. The van der Waals surface area contributed by atoms with Crippen LogP contribution in [0.15, 0.2) is 0 Å². The van der Waals surface area contributed by atoms with Crippen molar-refractivity contribution in [3.63, 3.8) is 0 Å². The molecule has 1 atom stereocenters. The van der Waals surface area contributed by atoms with Gasteiger partial charge in [0.15, 0.2) is 0 Å². The van der Waals surface area contributed by atoms with Crippen LogP contribution in [0.5, 0.6) is 0 Å². The summed E-state index contributed by atoms with van der Waals surface area (Å²) in [7, 11) is 3.47. The van der Waals surface area contributed by atoms with Gasteiger partial charge in [0.2, 0.25) is 0 Å². The van der Waals surface area contributed by atoms with Crippen LogP contribution in [0.2, 0.25) is 0 Å². The first-order valence-electron chi connectivity index (χ1n) is 11.6. The third kappa shape index (κ3) is 25.4. The first-order valence-corrected chi connectivity index (χ1v) is 11.6. The van der Waals surface area contributed by atoms with Crippen molar-refractivity contribution in [3.8, 4) is 0 Å². The van der Waals surface area contributed by atoms with Crippen LogP contribution in [0.4, 0.5) is 0 Å².